The fourth-order valence-electron chi connectivity index (χ4n) is 0.981. The number of hydrogen-bond acceptors (Lipinski definition) is 1. The standard InChI is InChI=1S/C7H8NO.C5H5.Fe/c1-6(9)8-7-4-2-3-5-7;1-2-4-5-3-1;/h2-5H,1H3,(H,8,9);1-5H;/q2*-1;+2. The Hall–Kier alpha value is -1.31. The molecule has 80 valence electrons. The minimum Gasteiger partial charge on any atom is -0.350 e. The predicted octanol–water partition coefficient (Wildman–Crippen LogP) is 2.77. The van der Waals surface area contributed by atoms with Crippen molar-refractivity contribution in [2.75, 3.05) is 5.32 Å². The second-order valence-electron chi connectivity index (χ2n) is 2.82. The monoisotopic (exact) mass is 243 g/mol. The maximum Gasteiger partial charge on any atom is 2.00 e. The Kier molecular flexibility index (Phi) is 7.33. The van der Waals surface area contributed by atoms with E-state index in [9.17, 15) is 4.79 Å². The average Bonchev–Trinajstić information content (AvgIpc) is 2.75. The van der Waals surface area contributed by atoms with Gasteiger partial charge in [-0.2, -0.15) is 30.3 Å². The van der Waals surface area contributed by atoms with Crippen molar-refractivity contribution >= 4 is 11.6 Å². The molecule has 0 atom stereocenters. The van der Waals surface area contributed by atoms with Crippen LogP contribution in [0.25, 0.3) is 0 Å². The molecule has 0 heterocycles. The largest absolute Gasteiger partial charge is 2.00 e. The molecule has 0 bridgehead atoms. The van der Waals surface area contributed by atoms with E-state index in [0.29, 0.717) is 0 Å². The molecule has 0 radical (unpaired) electrons. The molecule has 0 fully saturated rings. The van der Waals surface area contributed by atoms with Gasteiger partial charge >= 0.3 is 17.1 Å². The molecule has 0 saturated carbocycles. The van der Waals surface area contributed by atoms with E-state index in [4.69, 9.17) is 0 Å². The fourth-order valence-corrected chi connectivity index (χ4v) is 0.981. The summed E-state index contributed by atoms with van der Waals surface area (Å²) < 4.78 is 0. The number of hydrogen-bond donors (Lipinski definition) is 1. The van der Waals surface area contributed by atoms with Crippen LogP contribution in [-0.2, 0) is 21.9 Å². The molecule has 0 saturated heterocycles. The van der Waals surface area contributed by atoms with Crippen molar-refractivity contribution in [1.82, 2.24) is 0 Å². The topological polar surface area (TPSA) is 29.1 Å². The first-order valence-electron chi connectivity index (χ1n) is 4.45. The number of nitrogens with one attached hydrogen (secondary N) is 1. The summed E-state index contributed by atoms with van der Waals surface area (Å²) in [6.07, 6.45) is 0. The van der Waals surface area contributed by atoms with Crippen LogP contribution in [-0.4, -0.2) is 5.91 Å². The molecule has 0 aliphatic rings. The summed E-state index contributed by atoms with van der Waals surface area (Å²) >= 11 is 0. The van der Waals surface area contributed by atoms with E-state index < -0.39 is 0 Å². The number of carbonyl (C=O) groups excluding carboxylic acids is 1. The molecule has 1 N–H and O–H groups in total. The van der Waals surface area contributed by atoms with E-state index in [1.165, 1.54) is 6.92 Å². The molecule has 0 aromatic heterocycles. The summed E-state index contributed by atoms with van der Waals surface area (Å²) in [6.45, 7) is 1.49. The zero-order valence-electron chi connectivity index (χ0n) is 8.46. The van der Waals surface area contributed by atoms with Crippen LogP contribution in [0, 0.1) is 0 Å². The molecular formula is C12H13FeNO. The predicted molar refractivity (Wildman–Crippen MR) is 58.4 cm³/mol. The second-order valence-corrected chi connectivity index (χ2v) is 2.82. The third-order valence-electron chi connectivity index (χ3n) is 1.54. The maximum atomic E-state index is 10.4. The molecule has 2 nitrogen and oxygen atoms in total. The third kappa shape index (κ3) is 6.72. The molecule has 0 unspecified atom stereocenters. The second kappa shape index (κ2) is 8.04. The molecule has 1 amide bonds. The van der Waals surface area contributed by atoms with Crippen molar-refractivity contribution in [2.45, 2.75) is 6.92 Å². The molecule has 15 heavy (non-hydrogen) atoms. The van der Waals surface area contributed by atoms with Crippen LogP contribution in [0.3, 0.4) is 0 Å². The minimum absolute atomic E-state index is 0. The number of carbonyl (C=O) groups is 1. The first kappa shape index (κ1) is 13.7. The minimum atomic E-state index is -0.0267. The van der Waals surface area contributed by atoms with Crippen LogP contribution in [0.5, 0.6) is 0 Å². The van der Waals surface area contributed by atoms with E-state index in [1.807, 2.05) is 54.6 Å². The van der Waals surface area contributed by atoms with Crippen LogP contribution >= 0.6 is 0 Å². The quantitative estimate of drug-likeness (QED) is 0.605. The van der Waals surface area contributed by atoms with Crippen molar-refractivity contribution in [3.05, 3.63) is 54.6 Å². The fraction of sp³-hybridized carbons (Fsp3) is 0.0833. The Labute approximate surface area is 101 Å². The Morgan fingerprint density at radius 2 is 1.87 bits per heavy atom. The normalized spacial score (nSPS) is 8.07. The van der Waals surface area contributed by atoms with Crippen LogP contribution in [0.1, 0.15) is 6.92 Å². The Morgan fingerprint density at radius 3 is 2.20 bits per heavy atom. The molecule has 0 spiro atoms. The van der Waals surface area contributed by atoms with Crippen molar-refractivity contribution in [2.24, 2.45) is 0 Å². The summed E-state index contributed by atoms with van der Waals surface area (Å²) in [7, 11) is 0. The Balaban J connectivity index is 0.000000280. The summed E-state index contributed by atoms with van der Waals surface area (Å²) in [5.74, 6) is -0.0267. The van der Waals surface area contributed by atoms with Crippen LogP contribution in [0.2, 0.25) is 0 Å². The van der Waals surface area contributed by atoms with Gasteiger partial charge in [-0.1, -0.05) is 5.69 Å². The molecule has 2 aromatic rings. The van der Waals surface area contributed by atoms with Gasteiger partial charge in [0.1, 0.15) is 0 Å². The van der Waals surface area contributed by atoms with Gasteiger partial charge in [-0.15, -0.1) is 6.07 Å². The smallest absolute Gasteiger partial charge is 0.350 e. The van der Waals surface area contributed by atoms with Crippen molar-refractivity contribution < 1.29 is 21.9 Å². The summed E-state index contributed by atoms with van der Waals surface area (Å²) in [6, 6.07) is 17.5. The van der Waals surface area contributed by atoms with Gasteiger partial charge < -0.3 is 5.32 Å². The van der Waals surface area contributed by atoms with Gasteiger partial charge in [-0.05, 0) is 0 Å². The van der Waals surface area contributed by atoms with Gasteiger partial charge in [0, 0.05) is 6.92 Å². The molecule has 2 rings (SSSR count). The molecule has 3 heteroatoms. The summed E-state index contributed by atoms with van der Waals surface area (Å²) in [5, 5.41) is 2.65. The molecular weight excluding hydrogens is 230 g/mol. The molecule has 0 aliphatic carbocycles. The van der Waals surface area contributed by atoms with Crippen molar-refractivity contribution in [3.63, 3.8) is 0 Å². The molecule has 0 aliphatic heterocycles. The first-order valence-corrected chi connectivity index (χ1v) is 4.45. The van der Waals surface area contributed by atoms with Crippen LogP contribution in [0.4, 0.5) is 5.69 Å². The SMILES string of the molecule is CC(=O)Nc1ccc[cH-]1.[Fe+2].c1cc[cH-]c1. The first-order chi connectivity index (χ1) is 6.79. The van der Waals surface area contributed by atoms with E-state index in [1.54, 1.807) is 0 Å². The van der Waals surface area contributed by atoms with Gasteiger partial charge in [0.25, 0.3) is 0 Å². The van der Waals surface area contributed by atoms with Gasteiger partial charge in [0.05, 0.1) is 0 Å². The average molecular weight is 243 g/mol. The van der Waals surface area contributed by atoms with Gasteiger partial charge in [0.15, 0.2) is 0 Å². The Bertz CT molecular complexity index is 320. The van der Waals surface area contributed by atoms with E-state index in [2.05, 4.69) is 5.32 Å². The van der Waals surface area contributed by atoms with Crippen molar-refractivity contribution in [3.8, 4) is 0 Å². The van der Waals surface area contributed by atoms with Crippen LogP contribution in [0.15, 0.2) is 54.6 Å². The van der Waals surface area contributed by atoms with E-state index in [-0.39, 0.29) is 23.0 Å². The summed E-state index contributed by atoms with van der Waals surface area (Å²) in [4.78, 5) is 10.4. The van der Waals surface area contributed by atoms with Crippen molar-refractivity contribution in [1.29, 1.82) is 0 Å². The Morgan fingerprint density at radius 1 is 1.20 bits per heavy atom. The third-order valence-corrected chi connectivity index (χ3v) is 1.54. The molecule has 2 aromatic carbocycles. The maximum absolute atomic E-state index is 10.4. The number of rotatable bonds is 1. The van der Waals surface area contributed by atoms with E-state index >= 15 is 0 Å². The zero-order valence-corrected chi connectivity index (χ0v) is 9.56. The number of amides is 1. The van der Waals surface area contributed by atoms with E-state index in [0.717, 1.165) is 5.69 Å². The zero-order chi connectivity index (χ0) is 10.2. The van der Waals surface area contributed by atoms with Gasteiger partial charge in [0.2, 0.25) is 5.91 Å². The van der Waals surface area contributed by atoms with Gasteiger partial charge in [-0.3, -0.25) is 4.79 Å². The van der Waals surface area contributed by atoms with Gasteiger partial charge in [-0.25, -0.2) is 18.2 Å². The number of anilines is 1. The summed E-state index contributed by atoms with van der Waals surface area (Å²) in [5.41, 5.74) is 0.863. The van der Waals surface area contributed by atoms with Crippen LogP contribution < -0.4 is 5.32 Å².